The Morgan fingerprint density at radius 1 is 1.08 bits per heavy atom. The number of carbonyl (C=O) groups excluding carboxylic acids is 3. The maximum atomic E-state index is 13.0. The van der Waals surface area contributed by atoms with Crippen LogP contribution in [0.2, 0.25) is 5.02 Å². The van der Waals surface area contributed by atoms with Gasteiger partial charge in [-0.2, -0.15) is 0 Å². The highest BCUT2D eigenvalue weighted by Crippen LogP contribution is 2.18. The summed E-state index contributed by atoms with van der Waals surface area (Å²) in [7, 11) is 0. The summed E-state index contributed by atoms with van der Waals surface area (Å²) in [6.45, 7) is 7.17. The molecule has 5 atom stereocenters. The molecule has 0 saturated heterocycles. The van der Waals surface area contributed by atoms with Gasteiger partial charge < -0.3 is 26.2 Å². The van der Waals surface area contributed by atoms with Crippen LogP contribution in [0, 0.1) is 5.92 Å². The lowest BCUT2D eigenvalue weighted by Crippen LogP contribution is -2.52. The molecule has 5 N–H and O–H groups in total. The zero-order valence-electron chi connectivity index (χ0n) is 21.6. The van der Waals surface area contributed by atoms with Gasteiger partial charge in [0, 0.05) is 11.4 Å². The van der Waals surface area contributed by atoms with Crippen LogP contribution in [-0.4, -0.2) is 53.1 Å². The van der Waals surface area contributed by atoms with Gasteiger partial charge in [0.1, 0.15) is 24.2 Å². The number of rotatable bonds is 16. The standard InChI is InChI=1S/C26H40ClN3O6/c1-5-7-8-12-19(36-26(35)23(28)16(3)6-2)15-22(31)30-21(24(32)29-17(4)25(33)34)14-18-11-9-10-13-20(18)27/h9-11,13,16-17,19,21,23H,5-8,12,14-15,28H2,1-4H3,(H,29,32)(H,30,31)(H,33,34)/t16-,17-,19+,21-,23+/m0/s1. The normalized spacial score (nSPS) is 15.2. The third-order valence-corrected chi connectivity index (χ3v) is 6.49. The second-order valence-electron chi connectivity index (χ2n) is 9.15. The van der Waals surface area contributed by atoms with Gasteiger partial charge in [0.05, 0.1) is 6.42 Å². The van der Waals surface area contributed by atoms with Crippen LogP contribution >= 0.6 is 11.6 Å². The predicted molar refractivity (Wildman–Crippen MR) is 138 cm³/mol. The van der Waals surface area contributed by atoms with E-state index in [1.54, 1.807) is 24.3 Å². The first-order valence-electron chi connectivity index (χ1n) is 12.5. The summed E-state index contributed by atoms with van der Waals surface area (Å²) < 4.78 is 5.60. The summed E-state index contributed by atoms with van der Waals surface area (Å²) in [6, 6.07) is 3.87. The van der Waals surface area contributed by atoms with Crippen molar-refractivity contribution in [3.63, 3.8) is 0 Å². The van der Waals surface area contributed by atoms with E-state index in [-0.39, 0.29) is 18.8 Å². The number of aliphatic carboxylic acids is 1. The second kappa shape index (κ2) is 16.2. The Kier molecular flexibility index (Phi) is 14.1. The SMILES string of the molecule is CCCCC[C@H](CC(=O)N[C@@H](Cc1ccccc1Cl)C(=O)N[C@@H](C)C(=O)O)OC(=O)[C@H](N)[C@@H](C)CC. The smallest absolute Gasteiger partial charge is 0.325 e. The van der Waals surface area contributed by atoms with Crippen LogP contribution in [0.4, 0.5) is 0 Å². The number of halogens is 1. The molecule has 0 aliphatic carbocycles. The Labute approximate surface area is 218 Å². The van der Waals surface area contributed by atoms with Crippen molar-refractivity contribution in [2.45, 2.75) is 96.9 Å². The molecular formula is C26H40ClN3O6. The van der Waals surface area contributed by atoms with Crippen LogP contribution < -0.4 is 16.4 Å². The van der Waals surface area contributed by atoms with Gasteiger partial charge in [-0.25, -0.2) is 0 Å². The first kappa shape index (κ1) is 31.4. The van der Waals surface area contributed by atoms with Crippen molar-refractivity contribution >= 4 is 35.4 Å². The molecule has 1 rings (SSSR count). The number of esters is 1. The Balaban J connectivity index is 2.99. The average molecular weight is 526 g/mol. The number of hydrogen-bond acceptors (Lipinski definition) is 6. The summed E-state index contributed by atoms with van der Waals surface area (Å²) in [4.78, 5) is 49.6. The van der Waals surface area contributed by atoms with Gasteiger partial charge in [0.25, 0.3) is 0 Å². The molecule has 0 fully saturated rings. The summed E-state index contributed by atoms with van der Waals surface area (Å²) in [6.07, 6.45) is 3.05. The van der Waals surface area contributed by atoms with Crippen LogP contribution in [0.25, 0.3) is 0 Å². The second-order valence-corrected chi connectivity index (χ2v) is 9.56. The molecule has 0 radical (unpaired) electrons. The maximum Gasteiger partial charge on any atom is 0.325 e. The van der Waals surface area contributed by atoms with Gasteiger partial charge in [-0.3, -0.25) is 19.2 Å². The molecule has 0 saturated carbocycles. The molecule has 0 aliphatic heterocycles. The molecule has 9 nitrogen and oxygen atoms in total. The Morgan fingerprint density at radius 2 is 1.75 bits per heavy atom. The highest BCUT2D eigenvalue weighted by atomic mass is 35.5. The van der Waals surface area contributed by atoms with E-state index in [0.717, 1.165) is 19.3 Å². The van der Waals surface area contributed by atoms with Crippen LogP contribution in [-0.2, 0) is 30.3 Å². The zero-order valence-corrected chi connectivity index (χ0v) is 22.3. The molecule has 2 amide bonds. The van der Waals surface area contributed by atoms with Gasteiger partial charge in [0.2, 0.25) is 11.8 Å². The molecule has 0 bridgehead atoms. The summed E-state index contributed by atoms with van der Waals surface area (Å²) in [5.41, 5.74) is 6.63. The Morgan fingerprint density at radius 3 is 2.33 bits per heavy atom. The van der Waals surface area contributed by atoms with Gasteiger partial charge >= 0.3 is 11.9 Å². The molecule has 1 aromatic carbocycles. The van der Waals surface area contributed by atoms with Crippen molar-refractivity contribution in [3.05, 3.63) is 34.9 Å². The fraction of sp³-hybridized carbons (Fsp3) is 0.615. The van der Waals surface area contributed by atoms with Crippen molar-refractivity contribution in [2.24, 2.45) is 11.7 Å². The largest absolute Gasteiger partial charge is 0.480 e. The summed E-state index contributed by atoms with van der Waals surface area (Å²) in [5, 5.41) is 14.6. The Hall–Kier alpha value is -2.65. The van der Waals surface area contributed by atoms with E-state index in [9.17, 15) is 19.2 Å². The van der Waals surface area contributed by atoms with Crippen molar-refractivity contribution in [3.8, 4) is 0 Å². The molecule has 0 heterocycles. The van der Waals surface area contributed by atoms with Gasteiger partial charge in [-0.05, 0) is 37.3 Å². The topological polar surface area (TPSA) is 148 Å². The molecule has 202 valence electrons. The zero-order chi connectivity index (χ0) is 27.3. The van der Waals surface area contributed by atoms with Gasteiger partial charge in [-0.15, -0.1) is 0 Å². The third-order valence-electron chi connectivity index (χ3n) is 6.12. The van der Waals surface area contributed by atoms with Crippen molar-refractivity contribution in [1.29, 1.82) is 0 Å². The van der Waals surface area contributed by atoms with E-state index in [0.29, 0.717) is 23.4 Å². The molecule has 36 heavy (non-hydrogen) atoms. The molecule has 1 aromatic rings. The van der Waals surface area contributed by atoms with Crippen LogP contribution in [0.1, 0.15) is 71.8 Å². The molecule has 0 spiro atoms. The minimum absolute atomic E-state index is 0.0583. The van der Waals surface area contributed by atoms with Crippen molar-refractivity contribution in [2.75, 3.05) is 0 Å². The molecule has 10 heteroatoms. The summed E-state index contributed by atoms with van der Waals surface area (Å²) >= 11 is 6.24. The maximum absolute atomic E-state index is 13.0. The number of benzene rings is 1. The monoisotopic (exact) mass is 525 g/mol. The number of nitrogens with two attached hydrogens (primary N) is 1. The fourth-order valence-corrected chi connectivity index (χ4v) is 3.70. The van der Waals surface area contributed by atoms with Crippen LogP contribution in [0.15, 0.2) is 24.3 Å². The quantitative estimate of drug-likeness (QED) is 0.191. The van der Waals surface area contributed by atoms with E-state index in [2.05, 4.69) is 10.6 Å². The molecule has 0 aliphatic rings. The number of nitrogens with one attached hydrogen (secondary N) is 2. The number of carboxylic acid groups (broad SMARTS) is 1. The number of hydrogen-bond donors (Lipinski definition) is 4. The average Bonchev–Trinajstić information content (AvgIpc) is 2.83. The highest BCUT2D eigenvalue weighted by molar-refractivity contribution is 6.31. The van der Waals surface area contributed by atoms with Crippen molar-refractivity contribution < 1.29 is 29.0 Å². The Bertz CT molecular complexity index is 881. The first-order chi connectivity index (χ1) is 17.0. The lowest BCUT2D eigenvalue weighted by Gasteiger charge is -2.24. The van der Waals surface area contributed by atoms with E-state index >= 15 is 0 Å². The highest BCUT2D eigenvalue weighted by Gasteiger charge is 2.29. The number of ether oxygens (including phenoxy) is 1. The fourth-order valence-electron chi connectivity index (χ4n) is 3.48. The van der Waals surface area contributed by atoms with E-state index in [1.165, 1.54) is 6.92 Å². The minimum atomic E-state index is -1.20. The third kappa shape index (κ3) is 11.0. The summed E-state index contributed by atoms with van der Waals surface area (Å²) in [5.74, 6) is -2.98. The van der Waals surface area contributed by atoms with E-state index in [4.69, 9.17) is 27.2 Å². The molecular weight excluding hydrogens is 486 g/mol. The van der Waals surface area contributed by atoms with E-state index < -0.39 is 48.0 Å². The number of unbranched alkanes of at least 4 members (excludes halogenated alkanes) is 2. The van der Waals surface area contributed by atoms with Gasteiger partial charge in [-0.1, -0.05) is 69.8 Å². The van der Waals surface area contributed by atoms with E-state index in [1.807, 2.05) is 20.8 Å². The van der Waals surface area contributed by atoms with Crippen LogP contribution in [0.5, 0.6) is 0 Å². The number of carboxylic acids is 1. The predicted octanol–water partition coefficient (Wildman–Crippen LogP) is 3.21. The van der Waals surface area contributed by atoms with Crippen LogP contribution in [0.3, 0.4) is 0 Å². The lowest BCUT2D eigenvalue weighted by atomic mass is 10.00. The molecule has 0 unspecified atom stereocenters. The number of amides is 2. The lowest BCUT2D eigenvalue weighted by molar-refractivity contribution is -0.153. The molecule has 0 aromatic heterocycles. The number of carbonyl (C=O) groups is 4. The van der Waals surface area contributed by atoms with Crippen molar-refractivity contribution in [1.82, 2.24) is 10.6 Å². The van der Waals surface area contributed by atoms with Gasteiger partial charge in [0.15, 0.2) is 0 Å². The minimum Gasteiger partial charge on any atom is -0.480 e. The first-order valence-corrected chi connectivity index (χ1v) is 12.9.